The molecule has 0 heterocycles. The Kier molecular flexibility index (Phi) is 3.96. The van der Waals surface area contributed by atoms with Crippen LogP contribution in [0.3, 0.4) is 0 Å². The summed E-state index contributed by atoms with van der Waals surface area (Å²) in [6.45, 7) is 3.95. The molecule has 0 saturated heterocycles. The van der Waals surface area contributed by atoms with Gasteiger partial charge < -0.3 is 4.74 Å². The highest BCUT2D eigenvalue weighted by molar-refractivity contribution is 6.18. The Hall–Kier alpha value is -1.02. The summed E-state index contributed by atoms with van der Waals surface area (Å²) in [5.74, 6) is 1.32. The first kappa shape index (κ1) is 11.1. The predicted molar refractivity (Wildman–Crippen MR) is 57.4 cm³/mol. The number of carbonyl (C=O) groups excluding carboxylic acids is 1. The van der Waals surface area contributed by atoms with E-state index in [2.05, 4.69) is 0 Å². The van der Waals surface area contributed by atoms with E-state index in [0.29, 0.717) is 18.1 Å². The third-order valence-corrected chi connectivity index (χ3v) is 2.07. The zero-order valence-electron chi connectivity index (χ0n) is 8.34. The van der Waals surface area contributed by atoms with Crippen LogP contribution < -0.4 is 4.74 Å². The van der Waals surface area contributed by atoms with Crippen molar-refractivity contribution in [1.29, 1.82) is 0 Å². The van der Waals surface area contributed by atoms with Crippen LogP contribution in [0, 0.1) is 6.92 Å². The van der Waals surface area contributed by atoms with Crippen molar-refractivity contribution in [3.05, 3.63) is 29.3 Å². The van der Waals surface area contributed by atoms with Gasteiger partial charge in [-0.1, -0.05) is 0 Å². The monoisotopic (exact) mass is 212 g/mol. The minimum absolute atomic E-state index is 0.0667. The number of alkyl halides is 1. The highest BCUT2D eigenvalue weighted by Gasteiger charge is 2.03. The molecule has 0 radical (unpaired) electrons. The van der Waals surface area contributed by atoms with Crippen molar-refractivity contribution in [3.63, 3.8) is 0 Å². The quantitative estimate of drug-likeness (QED) is 0.567. The van der Waals surface area contributed by atoms with Gasteiger partial charge in [0.15, 0.2) is 5.78 Å². The molecule has 0 bridgehead atoms. The maximum Gasteiger partial charge on any atom is 0.159 e. The second-order valence-electron chi connectivity index (χ2n) is 3.07. The number of ketones is 1. The molecular formula is C11H13ClO2. The Morgan fingerprint density at radius 3 is 2.71 bits per heavy atom. The molecule has 2 nitrogen and oxygen atoms in total. The molecule has 0 aromatic heterocycles. The molecule has 1 aromatic rings. The van der Waals surface area contributed by atoms with Gasteiger partial charge in [-0.3, -0.25) is 4.79 Å². The lowest BCUT2D eigenvalue weighted by molar-refractivity contribution is 0.101. The lowest BCUT2D eigenvalue weighted by Gasteiger charge is -2.08. The van der Waals surface area contributed by atoms with Crippen LogP contribution in [0.25, 0.3) is 0 Å². The summed E-state index contributed by atoms with van der Waals surface area (Å²) >= 11 is 5.51. The molecule has 0 saturated carbocycles. The van der Waals surface area contributed by atoms with Gasteiger partial charge in [0.1, 0.15) is 12.4 Å². The van der Waals surface area contributed by atoms with E-state index in [0.717, 1.165) is 11.3 Å². The third kappa shape index (κ3) is 2.74. The number of rotatable bonds is 4. The molecule has 0 aliphatic carbocycles. The fourth-order valence-electron chi connectivity index (χ4n) is 1.18. The van der Waals surface area contributed by atoms with Gasteiger partial charge in [-0.2, -0.15) is 0 Å². The number of ether oxygens (including phenoxy) is 1. The fraction of sp³-hybridized carbons (Fsp3) is 0.364. The Balaban J connectivity index is 2.84. The average Bonchev–Trinajstić information content (AvgIpc) is 2.15. The topological polar surface area (TPSA) is 26.3 Å². The minimum Gasteiger partial charge on any atom is -0.492 e. The summed E-state index contributed by atoms with van der Waals surface area (Å²) in [5, 5.41) is 0. The molecule has 0 amide bonds. The van der Waals surface area contributed by atoms with Gasteiger partial charge in [-0.25, -0.2) is 0 Å². The summed E-state index contributed by atoms with van der Waals surface area (Å²) in [6, 6.07) is 5.39. The molecule has 76 valence electrons. The Labute approximate surface area is 88.8 Å². The van der Waals surface area contributed by atoms with Crippen LogP contribution in [0.15, 0.2) is 18.2 Å². The molecule has 0 aliphatic heterocycles. The Morgan fingerprint density at radius 1 is 1.50 bits per heavy atom. The van der Waals surface area contributed by atoms with Crippen LogP contribution in [0.4, 0.5) is 0 Å². The van der Waals surface area contributed by atoms with Crippen molar-refractivity contribution in [3.8, 4) is 5.75 Å². The van der Waals surface area contributed by atoms with Crippen LogP contribution in [-0.2, 0) is 0 Å². The highest BCUT2D eigenvalue weighted by Crippen LogP contribution is 2.19. The first-order chi connectivity index (χ1) is 6.65. The van der Waals surface area contributed by atoms with Gasteiger partial charge in [-0.15, -0.1) is 11.6 Å². The largest absolute Gasteiger partial charge is 0.492 e. The number of benzene rings is 1. The molecule has 0 N–H and O–H groups in total. The van der Waals surface area contributed by atoms with Crippen LogP contribution in [0.5, 0.6) is 5.75 Å². The van der Waals surface area contributed by atoms with Crippen LogP contribution in [0.2, 0.25) is 0 Å². The average molecular weight is 213 g/mol. The maximum atomic E-state index is 11.1. The summed E-state index contributed by atoms with van der Waals surface area (Å²) < 4.78 is 5.38. The third-order valence-electron chi connectivity index (χ3n) is 1.92. The van der Waals surface area contributed by atoms with Gasteiger partial charge >= 0.3 is 0 Å². The van der Waals surface area contributed by atoms with E-state index in [-0.39, 0.29) is 5.78 Å². The number of aryl methyl sites for hydroxylation is 1. The zero-order valence-corrected chi connectivity index (χ0v) is 9.10. The van der Waals surface area contributed by atoms with E-state index in [1.807, 2.05) is 13.0 Å². The second-order valence-corrected chi connectivity index (χ2v) is 3.45. The van der Waals surface area contributed by atoms with Crippen molar-refractivity contribution in [1.82, 2.24) is 0 Å². The predicted octanol–water partition coefficient (Wildman–Crippen LogP) is 2.82. The summed E-state index contributed by atoms with van der Waals surface area (Å²) in [6.07, 6.45) is 0. The molecule has 0 aliphatic rings. The van der Waals surface area contributed by atoms with E-state index in [1.54, 1.807) is 19.1 Å². The second kappa shape index (κ2) is 5.01. The van der Waals surface area contributed by atoms with Gasteiger partial charge in [0.2, 0.25) is 0 Å². The number of halogens is 1. The SMILES string of the molecule is CC(=O)c1ccc(OCCCl)c(C)c1. The lowest BCUT2D eigenvalue weighted by Crippen LogP contribution is -2.01. The van der Waals surface area contributed by atoms with E-state index in [1.165, 1.54) is 0 Å². The van der Waals surface area contributed by atoms with Crippen molar-refractivity contribution in [2.75, 3.05) is 12.5 Å². The van der Waals surface area contributed by atoms with E-state index in [4.69, 9.17) is 16.3 Å². The zero-order chi connectivity index (χ0) is 10.6. The fourth-order valence-corrected chi connectivity index (χ4v) is 1.26. The summed E-state index contributed by atoms with van der Waals surface area (Å²) in [5.41, 5.74) is 1.67. The molecule has 0 atom stereocenters. The van der Waals surface area contributed by atoms with Gasteiger partial charge in [0, 0.05) is 5.56 Å². The van der Waals surface area contributed by atoms with Crippen LogP contribution >= 0.6 is 11.6 Å². The van der Waals surface area contributed by atoms with Gasteiger partial charge in [0.05, 0.1) is 5.88 Å². The van der Waals surface area contributed by atoms with Crippen molar-refractivity contribution < 1.29 is 9.53 Å². The molecule has 1 aromatic carbocycles. The van der Waals surface area contributed by atoms with Crippen LogP contribution in [0.1, 0.15) is 22.8 Å². The van der Waals surface area contributed by atoms with E-state index >= 15 is 0 Å². The number of hydrogen-bond acceptors (Lipinski definition) is 2. The lowest BCUT2D eigenvalue weighted by atomic mass is 10.1. The summed E-state index contributed by atoms with van der Waals surface area (Å²) in [4.78, 5) is 11.1. The minimum atomic E-state index is 0.0667. The normalized spacial score (nSPS) is 9.93. The number of Topliss-reactive ketones (excluding diaryl/α,β-unsaturated/α-hetero) is 1. The standard InChI is InChI=1S/C11H13ClO2/c1-8-7-10(9(2)13)3-4-11(8)14-6-5-12/h3-4,7H,5-6H2,1-2H3. The molecule has 0 unspecified atom stereocenters. The van der Waals surface area contributed by atoms with Gasteiger partial charge in [0.25, 0.3) is 0 Å². The first-order valence-electron chi connectivity index (χ1n) is 4.45. The van der Waals surface area contributed by atoms with Crippen molar-refractivity contribution in [2.45, 2.75) is 13.8 Å². The van der Waals surface area contributed by atoms with Gasteiger partial charge in [-0.05, 0) is 37.6 Å². The van der Waals surface area contributed by atoms with E-state index < -0.39 is 0 Å². The number of carbonyl (C=O) groups is 1. The summed E-state index contributed by atoms with van der Waals surface area (Å²) in [7, 11) is 0. The van der Waals surface area contributed by atoms with Crippen molar-refractivity contribution in [2.24, 2.45) is 0 Å². The van der Waals surface area contributed by atoms with Crippen LogP contribution in [-0.4, -0.2) is 18.3 Å². The smallest absolute Gasteiger partial charge is 0.159 e. The Morgan fingerprint density at radius 2 is 2.21 bits per heavy atom. The molecule has 0 spiro atoms. The highest BCUT2D eigenvalue weighted by atomic mass is 35.5. The molecule has 14 heavy (non-hydrogen) atoms. The number of hydrogen-bond donors (Lipinski definition) is 0. The Bertz CT molecular complexity index is 334. The molecular weight excluding hydrogens is 200 g/mol. The molecule has 0 fully saturated rings. The maximum absolute atomic E-state index is 11.1. The van der Waals surface area contributed by atoms with E-state index in [9.17, 15) is 4.79 Å². The molecule has 3 heteroatoms. The van der Waals surface area contributed by atoms with Crippen molar-refractivity contribution >= 4 is 17.4 Å². The first-order valence-corrected chi connectivity index (χ1v) is 4.99. The molecule has 1 rings (SSSR count).